The van der Waals surface area contributed by atoms with Crippen LogP contribution in [0.25, 0.3) is 10.8 Å². The number of hydrogen-bond acceptors (Lipinski definition) is 5. The van der Waals surface area contributed by atoms with Gasteiger partial charge in [0.1, 0.15) is 11.9 Å². The Morgan fingerprint density at radius 1 is 0.739 bits per heavy atom. The molecule has 0 bridgehead atoms. The van der Waals surface area contributed by atoms with Crippen LogP contribution in [0.15, 0.2) is 60.8 Å². The van der Waals surface area contributed by atoms with E-state index in [0.717, 1.165) is 34.9 Å². The first-order valence-electron chi connectivity index (χ1n) is 17.7. The van der Waals surface area contributed by atoms with Crippen molar-refractivity contribution >= 4 is 18.6 Å². The summed E-state index contributed by atoms with van der Waals surface area (Å²) in [5.41, 5.74) is 1.98. The third kappa shape index (κ3) is 16.5. The Morgan fingerprint density at radius 2 is 1.35 bits per heavy atom. The average Bonchev–Trinajstić information content (AvgIpc) is 3.05. The monoisotopic (exact) mass is 656 g/mol. The van der Waals surface area contributed by atoms with Crippen LogP contribution >= 0.6 is 7.82 Å². The van der Waals surface area contributed by atoms with Crippen LogP contribution in [-0.4, -0.2) is 37.9 Å². The molecule has 46 heavy (non-hydrogen) atoms. The van der Waals surface area contributed by atoms with E-state index in [-0.39, 0.29) is 12.4 Å². The zero-order valence-corrected chi connectivity index (χ0v) is 29.3. The molecule has 2 unspecified atom stereocenters. The first-order chi connectivity index (χ1) is 22.5. The third-order valence-electron chi connectivity index (χ3n) is 8.46. The molecule has 2 aromatic carbocycles. The summed E-state index contributed by atoms with van der Waals surface area (Å²) in [5.74, 6) is 0.276. The van der Waals surface area contributed by atoms with Gasteiger partial charge in [0, 0.05) is 25.2 Å². The Morgan fingerprint density at radius 3 is 1.98 bits per heavy atom. The van der Waals surface area contributed by atoms with E-state index in [1.54, 1.807) is 25.3 Å². The lowest BCUT2D eigenvalue weighted by Crippen LogP contribution is -2.24. The van der Waals surface area contributed by atoms with E-state index in [1.165, 1.54) is 89.9 Å². The van der Waals surface area contributed by atoms with Gasteiger partial charge in [-0.2, -0.15) is 0 Å². The number of pyridine rings is 1. The number of aromatic amines is 1. The van der Waals surface area contributed by atoms with E-state index in [2.05, 4.69) is 30.1 Å². The first kappa shape index (κ1) is 38.2. The molecule has 1 heterocycles. The summed E-state index contributed by atoms with van der Waals surface area (Å²) in [6, 6.07) is 17.4. The number of rotatable bonds is 27. The molecular weight excluding hydrogens is 597 g/mol. The Hall–Kier alpha value is -2.28. The van der Waals surface area contributed by atoms with E-state index in [0.29, 0.717) is 19.6 Å². The molecule has 256 valence electrons. The highest BCUT2D eigenvalue weighted by molar-refractivity contribution is 7.47. The molecule has 0 aliphatic carbocycles. The lowest BCUT2D eigenvalue weighted by atomic mass is 10.0. The van der Waals surface area contributed by atoms with Crippen molar-refractivity contribution in [1.82, 2.24) is 0 Å². The molecule has 0 spiro atoms. The van der Waals surface area contributed by atoms with Gasteiger partial charge in [0.2, 0.25) is 0 Å². The smallest absolute Gasteiger partial charge is 0.404 e. The van der Waals surface area contributed by atoms with Gasteiger partial charge >= 0.3 is 7.82 Å². The van der Waals surface area contributed by atoms with Gasteiger partial charge in [-0.3, -0.25) is 9.42 Å². The molecule has 7 nitrogen and oxygen atoms in total. The van der Waals surface area contributed by atoms with Crippen molar-refractivity contribution in [3.63, 3.8) is 0 Å². The van der Waals surface area contributed by atoms with Gasteiger partial charge in [-0.1, -0.05) is 134 Å². The number of phosphoric acid groups is 1. The third-order valence-corrected chi connectivity index (χ3v) is 9.37. The van der Waals surface area contributed by atoms with Crippen molar-refractivity contribution < 1.29 is 33.0 Å². The molecule has 0 aliphatic heterocycles. The Bertz CT molecular complexity index is 1270. The second-order valence-electron chi connectivity index (χ2n) is 12.5. The number of fused-ring (bicyclic) bond motifs is 1. The molecule has 8 heteroatoms. The second kappa shape index (κ2) is 23.1. The van der Waals surface area contributed by atoms with Gasteiger partial charge in [-0.25, -0.2) is 9.55 Å². The first-order valence-corrected chi connectivity index (χ1v) is 19.2. The van der Waals surface area contributed by atoms with Crippen LogP contribution in [-0.2, 0) is 25.0 Å². The molecule has 0 saturated carbocycles. The standard InChI is InChI=1S/C38H58NO6P/c1-3-4-5-6-7-8-9-10-11-12-13-14-15-16-17-20-26-43-31-38(42-2)32-44-46(40,41)45-37-25-21-22-33(28-37)27-36-29-34-23-18-19-24-35(34)30-39-36/h18-19,21-25,28-30,38H,3-17,20,26-27,31-32H2,1-2H3,(H,40,41)/p+1. The highest BCUT2D eigenvalue weighted by atomic mass is 31.2. The molecule has 0 radical (unpaired) electrons. The number of hydrogen-bond donors (Lipinski definition) is 1. The fraction of sp³-hybridized carbons (Fsp3) is 0.605. The zero-order valence-electron chi connectivity index (χ0n) is 28.4. The quantitative estimate of drug-likeness (QED) is 0.0649. The summed E-state index contributed by atoms with van der Waals surface area (Å²) < 4.78 is 34.5. The minimum atomic E-state index is -4.34. The van der Waals surface area contributed by atoms with Gasteiger partial charge in [0.05, 0.1) is 19.6 Å². The minimum Gasteiger partial charge on any atom is -0.404 e. The fourth-order valence-electron chi connectivity index (χ4n) is 5.70. The normalized spacial score (nSPS) is 13.5. The topological polar surface area (TPSA) is 88.4 Å². The van der Waals surface area contributed by atoms with Gasteiger partial charge < -0.3 is 14.0 Å². The maximum Gasteiger partial charge on any atom is 0.527 e. The highest BCUT2D eigenvalue weighted by Gasteiger charge is 2.25. The zero-order chi connectivity index (χ0) is 32.7. The van der Waals surface area contributed by atoms with E-state index in [9.17, 15) is 9.46 Å². The number of nitrogens with one attached hydrogen (secondary N) is 1. The number of H-pyrrole nitrogens is 1. The van der Waals surface area contributed by atoms with Gasteiger partial charge in [0.25, 0.3) is 0 Å². The maximum atomic E-state index is 12.7. The maximum absolute atomic E-state index is 12.7. The van der Waals surface area contributed by atoms with E-state index < -0.39 is 13.9 Å². The fourth-order valence-corrected chi connectivity index (χ4v) is 6.48. The van der Waals surface area contributed by atoms with E-state index in [4.69, 9.17) is 18.5 Å². The molecule has 0 aliphatic rings. The summed E-state index contributed by atoms with van der Waals surface area (Å²) >= 11 is 0. The number of unbranched alkanes of at least 4 members (excludes halogenated alkanes) is 15. The van der Waals surface area contributed by atoms with Crippen LogP contribution in [0, 0.1) is 0 Å². The Labute approximate surface area is 278 Å². The van der Waals surface area contributed by atoms with Crippen molar-refractivity contribution in [1.29, 1.82) is 0 Å². The van der Waals surface area contributed by atoms with Crippen LogP contribution < -0.4 is 9.51 Å². The summed E-state index contributed by atoms with van der Waals surface area (Å²) in [4.78, 5) is 13.7. The van der Waals surface area contributed by atoms with Crippen LogP contribution in [0.5, 0.6) is 5.75 Å². The molecule has 0 amide bonds. The Kier molecular flexibility index (Phi) is 19.2. The summed E-state index contributed by atoms with van der Waals surface area (Å²) in [5, 5.41) is 2.29. The molecule has 0 fully saturated rings. The largest absolute Gasteiger partial charge is 0.527 e. The summed E-state index contributed by atoms with van der Waals surface area (Å²) in [6.07, 6.45) is 23.5. The van der Waals surface area contributed by atoms with Crippen LogP contribution in [0.1, 0.15) is 121 Å². The predicted molar refractivity (Wildman–Crippen MR) is 187 cm³/mol. The molecule has 3 aromatic rings. The highest BCUT2D eigenvalue weighted by Crippen LogP contribution is 2.44. The predicted octanol–water partition coefficient (Wildman–Crippen LogP) is 10.0. The molecular formula is C38H59NO6P+. The summed E-state index contributed by atoms with van der Waals surface area (Å²) in [6.45, 7) is 3.12. The molecule has 1 aromatic heterocycles. The lowest BCUT2D eigenvalue weighted by molar-refractivity contribution is -0.387. The van der Waals surface area contributed by atoms with Crippen LogP contribution in [0.4, 0.5) is 0 Å². The van der Waals surface area contributed by atoms with Crippen molar-refractivity contribution in [2.45, 2.75) is 122 Å². The molecule has 0 saturated heterocycles. The number of aromatic nitrogens is 1. The number of phosphoric ester groups is 1. The number of methoxy groups -OCH3 is 1. The van der Waals surface area contributed by atoms with Gasteiger partial charge in [-0.05, 0) is 35.6 Å². The minimum absolute atomic E-state index is 0.102. The molecule has 3 rings (SSSR count). The van der Waals surface area contributed by atoms with Gasteiger partial charge in [0.15, 0.2) is 11.9 Å². The van der Waals surface area contributed by atoms with Crippen LogP contribution in [0.2, 0.25) is 0 Å². The SMILES string of the molecule is CCCCCCCCCCCCCCCCCCOCC(COP(=O)(O)Oc1cccc(Cc2cc3ccccc3c[nH+]2)c1)OC. The van der Waals surface area contributed by atoms with Crippen molar-refractivity contribution in [2.75, 3.05) is 26.9 Å². The molecule has 2 N–H and O–H groups in total. The second-order valence-corrected chi connectivity index (χ2v) is 13.9. The Balaban J connectivity index is 1.21. The van der Waals surface area contributed by atoms with Gasteiger partial charge in [-0.15, -0.1) is 0 Å². The van der Waals surface area contributed by atoms with Crippen molar-refractivity contribution in [2.24, 2.45) is 0 Å². The molecule has 2 atom stereocenters. The van der Waals surface area contributed by atoms with E-state index >= 15 is 0 Å². The van der Waals surface area contributed by atoms with Crippen molar-refractivity contribution in [3.05, 3.63) is 72.1 Å². The summed E-state index contributed by atoms with van der Waals surface area (Å²) in [7, 11) is -2.79. The van der Waals surface area contributed by atoms with E-state index in [1.807, 2.05) is 24.4 Å². The number of benzene rings is 2. The van der Waals surface area contributed by atoms with Crippen molar-refractivity contribution in [3.8, 4) is 5.75 Å². The average molecular weight is 657 g/mol. The number of ether oxygens (including phenoxy) is 2. The lowest BCUT2D eigenvalue weighted by Gasteiger charge is -2.18. The van der Waals surface area contributed by atoms with Crippen LogP contribution in [0.3, 0.4) is 0 Å².